The third kappa shape index (κ3) is 1.91. The first-order valence-electron chi connectivity index (χ1n) is 5.48. The summed E-state index contributed by atoms with van der Waals surface area (Å²) in [5.41, 5.74) is 0. The molecule has 2 rings (SSSR count). The highest BCUT2D eigenvalue weighted by atomic mass is 16.4. The molecular weight excluding hydrogens is 196 g/mol. The zero-order chi connectivity index (χ0) is 10.8. The highest BCUT2D eigenvalue weighted by molar-refractivity contribution is 5.83. The Labute approximate surface area is 88.6 Å². The van der Waals surface area contributed by atoms with Gasteiger partial charge in [-0.2, -0.15) is 0 Å². The number of urea groups is 1. The second kappa shape index (κ2) is 4.08. The summed E-state index contributed by atoms with van der Waals surface area (Å²) < 4.78 is 0. The Morgan fingerprint density at radius 2 is 1.73 bits per heavy atom. The predicted octanol–water partition coefficient (Wildman–Crippen LogP) is 0.751. The van der Waals surface area contributed by atoms with Crippen LogP contribution < -0.4 is 0 Å². The molecule has 2 fully saturated rings. The summed E-state index contributed by atoms with van der Waals surface area (Å²) in [6.45, 7) is 2.15. The second-order valence-corrected chi connectivity index (χ2v) is 4.17. The van der Waals surface area contributed by atoms with Crippen molar-refractivity contribution in [3.8, 4) is 0 Å². The molecule has 5 nitrogen and oxygen atoms in total. The molecule has 15 heavy (non-hydrogen) atoms. The molecule has 1 atom stereocenters. The zero-order valence-electron chi connectivity index (χ0n) is 8.69. The molecule has 0 saturated carbocycles. The van der Waals surface area contributed by atoms with Crippen LogP contribution in [0.15, 0.2) is 0 Å². The molecule has 0 spiro atoms. The number of carboxylic acid groups (broad SMARTS) is 1. The molecule has 0 aromatic rings. The fourth-order valence-corrected chi connectivity index (χ4v) is 2.34. The molecule has 0 bridgehead atoms. The van der Waals surface area contributed by atoms with Crippen LogP contribution in [0.5, 0.6) is 0 Å². The van der Waals surface area contributed by atoms with Crippen molar-refractivity contribution in [3.05, 3.63) is 0 Å². The normalized spacial score (nSPS) is 26.0. The maximum absolute atomic E-state index is 12.0. The van der Waals surface area contributed by atoms with Gasteiger partial charge < -0.3 is 14.9 Å². The van der Waals surface area contributed by atoms with Gasteiger partial charge in [-0.25, -0.2) is 9.59 Å². The molecule has 0 aromatic heterocycles. The van der Waals surface area contributed by atoms with Crippen molar-refractivity contribution >= 4 is 12.0 Å². The number of aliphatic carboxylic acids is 1. The molecule has 0 radical (unpaired) electrons. The van der Waals surface area contributed by atoms with Crippen molar-refractivity contribution in [1.82, 2.24) is 9.80 Å². The van der Waals surface area contributed by atoms with Gasteiger partial charge >= 0.3 is 12.0 Å². The summed E-state index contributed by atoms with van der Waals surface area (Å²) in [7, 11) is 0. The Hall–Kier alpha value is -1.26. The molecule has 2 aliphatic heterocycles. The lowest BCUT2D eigenvalue weighted by molar-refractivity contribution is -0.141. The van der Waals surface area contributed by atoms with E-state index in [1.807, 2.05) is 0 Å². The van der Waals surface area contributed by atoms with E-state index in [-0.39, 0.29) is 6.03 Å². The first-order valence-corrected chi connectivity index (χ1v) is 5.48. The first kappa shape index (κ1) is 10.3. The quantitative estimate of drug-likeness (QED) is 0.697. The molecule has 2 heterocycles. The van der Waals surface area contributed by atoms with E-state index in [1.54, 1.807) is 4.90 Å². The highest BCUT2D eigenvalue weighted by Crippen LogP contribution is 2.21. The topological polar surface area (TPSA) is 60.9 Å². The number of rotatable bonds is 1. The summed E-state index contributed by atoms with van der Waals surface area (Å²) >= 11 is 0. The number of hydrogen-bond acceptors (Lipinski definition) is 2. The molecule has 1 N–H and O–H groups in total. The SMILES string of the molecule is O=C(O)[C@@H]1CCCN1C(=O)N1CCCC1. The van der Waals surface area contributed by atoms with Gasteiger partial charge in [-0.15, -0.1) is 0 Å². The Bertz CT molecular complexity index is 274. The first-order chi connectivity index (χ1) is 7.20. The van der Waals surface area contributed by atoms with Gasteiger partial charge in [-0.3, -0.25) is 0 Å². The Morgan fingerprint density at radius 3 is 2.33 bits per heavy atom. The summed E-state index contributed by atoms with van der Waals surface area (Å²) in [6, 6.07) is -0.685. The standard InChI is InChI=1S/C10H16N2O3/c13-9(14)8-4-3-7-12(8)10(15)11-5-1-2-6-11/h8H,1-7H2,(H,13,14)/t8-/m0/s1. The number of carboxylic acids is 1. The summed E-state index contributed by atoms with van der Waals surface area (Å²) in [5.74, 6) is -0.875. The lowest BCUT2D eigenvalue weighted by Crippen LogP contribution is -2.47. The maximum Gasteiger partial charge on any atom is 0.326 e. The van der Waals surface area contributed by atoms with Gasteiger partial charge in [0.15, 0.2) is 0 Å². The molecule has 0 unspecified atom stereocenters. The molecule has 2 amide bonds. The Morgan fingerprint density at radius 1 is 1.07 bits per heavy atom. The summed E-state index contributed by atoms with van der Waals surface area (Å²) in [4.78, 5) is 26.1. The highest BCUT2D eigenvalue weighted by Gasteiger charge is 2.36. The smallest absolute Gasteiger partial charge is 0.326 e. The Kier molecular flexibility index (Phi) is 2.79. The minimum Gasteiger partial charge on any atom is -0.480 e. The molecule has 5 heteroatoms. The fourth-order valence-electron chi connectivity index (χ4n) is 2.34. The van der Waals surface area contributed by atoms with Crippen molar-refractivity contribution in [2.24, 2.45) is 0 Å². The molecule has 2 saturated heterocycles. The molecule has 2 aliphatic rings. The minimum absolute atomic E-state index is 0.0857. The number of hydrogen-bond donors (Lipinski definition) is 1. The van der Waals surface area contributed by atoms with Crippen molar-refractivity contribution in [1.29, 1.82) is 0 Å². The monoisotopic (exact) mass is 212 g/mol. The second-order valence-electron chi connectivity index (χ2n) is 4.17. The third-order valence-electron chi connectivity index (χ3n) is 3.16. The number of likely N-dealkylation sites (tertiary alicyclic amines) is 2. The van der Waals surface area contributed by atoms with Crippen molar-refractivity contribution in [2.45, 2.75) is 31.7 Å². The van der Waals surface area contributed by atoms with Gasteiger partial charge in [0, 0.05) is 19.6 Å². The Balaban J connectivity index is 2.02. The number of carbonyl (C=O) groups excluding carboxylic acids is 1. The molecule has 0 aromatic carbocycles. The number of nitrogens with zero attached hydrogens (tertiary/aromatic N) is 2. The van der Waals surface area contributed by atoms with Crippen LogP contribution in [0.25, 0.3) is 0 Å². The van der Waals surface area contributed by atoms with Crippen molar-refractivity contribution < 1.29 is 14.7 Å². The van der Waals surface area contributed by atoms with Crippen molar-refractivity contribution in [3.63, 3.8) is 0 Å². The van der Waals surface area contributed by atoms with Crippen LogP contribution in [0.1, 0.15) is 25.7 Å². The van der Waals surface area contributed by atoms with E-state index < -0.39 is 12.0 Å². The van der Waals surface area contributed by atoms with Gasteiger partial charge in [0.2, 0.25) is 0 Å². The van der Waals surface area contributed by atoms with E-state index >= 15 is 0 Å². The van der Waals surface area contributed by atoms with Crippen LogP contribution in [0.3, 0.4) is 0 Å². The number of carbonyl (C=O) groups is 2. The average Bonchev–Trinajstić information content (AvgIpc) is 2.88. The van der Waals surface area contributed by atoms with E-state index in [4.69, 9.17) is 5.11 Å². The van der Waals surface area contributed by atoms with Crippen LogP contribution in [0.2, 0.25) is 0 Å². The zero-order valence-corrected chi connectivity index (χ0v) is 8.69. The van der Waals surface area contributed by atoms with Crippen LogP contribution in [-0.4, -0.2) is 52.6 Å². The van der Waals surface area contributed by atoms with E-state index in [0.29, 0.717) is 13.0 Å². The largest absolute Gasteiger partial charge is 0.480 e. The minimum atomic E-state index is -0.875. The van der Waals surface area contributed by atoms with Gasteiger partial charge in [0.25, 0.3) is 0 Å². The van der Waals surface area contributed by atoms with Crippen LogP contribution >= 0.6 is 0 Å². The van der Waals surface area contributed by atoms with Gasteiger partial charge in [-0.1, -0.05) is 0 Å². The average molecular weight is 212 g/mol. The van der Waals surface area contributed by atoms with E-state index in [9.17, 15) is 9.59 Å². The fraction of sp³-hybridized carbons (Fsp3) is 0.800. The third-order valence-corrected chi connectivity index (χ3v) is 3.16. The summed E-state index contributed by atoms with van der Waals surface area (Å²) in [5, 5.41) is 8.96. The van der Waals surface area contributed by atoms with E-state index in [0.717, 1.165) is 32.4 Å². The molecule has 0 aliphatic carbocycles. The lowest BCUT2D eigenvalue weighted by Gasteiger charge is -2.27. The predicted molar refractivity (Wildman–Crippen MR) is 53.6 cm³/mol. The molecule has 84 valence electrons. The summed E-state index contributed by atoms with van der Waals surface area (Å²) in [6.07, 6.45) is 3.47. The van der Waals surface area contributed by atoms with Crippen LogP contribution in [-0.2, 0) is 4.79 Å². The van der Waals surface area contributed by atoms with E-state index in [1.165, 1.54) is 4.90 Å². The number of amides is 2. The van der Waals surface area contributed by atoms with Crippen LogP contribution in [0, 0.1) is 0 Å². The van der Waals surface area contributed by atoms with E-state index in [2.05, 4.69) is 0 Å². The van der Waals surface area contributed by atoms with Gasteiger partial charge in [0.1, 0.15) is 6.04 Å². The molecular formula is C10H16N2O3. The van der Waals surface area contributed by atoms with Gasteiger partial charge in [-0.05, 0) is 25.7 Å². The van der Waals surface area contributed by atoms with Crippen molar-refractivity contribution in [2.75, 3.05) is 19.6 Å². The van der Waals surface area contributed by atoms with Gasteiger partial charge in [0.05, 0.1) is 0 Å². The maximum atomic E-state index is 12.0. The van der Waals surface area contributed by atoms with Crippen LogP contribution in [0.4, 0.5) is 4.79 Å². The lowest BCUT2D eigenvalue weighted by atomic mass is 10.2.